The van der Waals surface area contributed by atoms with E-state index in [2.05, 4.69) is 4.98 Å². The van der Waals surface area contributed by atoms with E-state index in [4.69, 9.17) is 0 Å². The van der Waals surface area contributed by atoms with Gasteiger partial charge in [0.15, 0.2) is 0 Å². The van der Waals surface area contributed by atoms with Crippen LogP contribution >= 0.6 is 11.3 Å². The molecule has 1 aliphatic heterocycles. The van der Waals surface area contributed by atoms with Crippen LogP contribution in [0.2, 0.25) is 0 Å². The van der Waals surface area contributed by atoms with E-state index in [1.807, 2.05) is 35.7 Å². The Kier molecular flexibility index (Phi) is 4.07. The number of likely N-dealkylation sites (tertiary alicyclic amines) is 1. The highest BCUT2D eigenvalue weighted by atomic mass is 32.1. The van der Waals surface area contributed by atoms with Gasteiger partial charge in [-0.05, 0) is 18.8 Å². The molecule has 1 amide bonds. The molecule has 1 aromatic carbocycles. The van der Waals surface area contributed by atoms with Crippen molar-refractivity contribution in [3.63, 3.8) is 0 Å². The molecular formula is C19H20N2O3S. The Morgan fingerprint density at radius 3 is 2.84 bits per heavy atom. The lowest BCUT2D eigenvalue weighted by atomic mass is 9.81. The number of amides is 1. The van der Waals surface area contributed by atoms with Crippen LogP contribution in [0.25, 0.3) is 10.6 Å². The summed E-state index contributed by atoms with van der Waals surface area (Å²) >= 11 is 1.53. The van der Waals surface area contributed by atoms with E-state index in [1.54, 1.807) is 4.90 Å². The van der Waals surface area contributed by atoms with Crippen molar-refractivity contribution < 1.29 is 14.7 Å². The zero-order valence-electron chi connectivity index (χ0n) is 13.9. The second-order valence-electron chi connectivity index (χ2n) is 7.01. The highest BCUT2D eigenvalue weighted by Crippen LogP contribution is 2.48. The van der Waals surface area contributed by atoms with Gasteiger partial charge in [0.25, 0.3) is 0 Å². The Morgan fingerprint density at radius 1 is 1.32 bits per heavy atom. The molecule has 0 spiro atoms. The summed E-state index contributed by atoms with van der Waals surface area (Å²) in [5, 5.41) is 12.5. The van der Waals surface area contributed by atoms with Crippen LogP contribution in [0, 0.1) is 11.3 Å². The van der Waals surface area contributed by atoms with E-state index < -0.39 is 11.4 Å². The van der Waals surface area contributed by atoms with Gasteiger partial charge in [-0.2, -0.15) is 0 Å². The molecule has 130 valence electrons. The fourth-order valence-electron chi connectivity index (χ4n) is 4.20. The zero-order chi connectivity index (χ0) is 17.4. The van der Waals surface area contributed by atoms with Crippen LogP contribution < -0.4 is 0 Å². The average molecular weight is 356 g/mol. The molecule has 2 aliphatic rings. The fourth-order valence-corrected chi connectivity index (χ4v) is 5.02. The maximum atomic E-state index is 12.7. The summed E-state index contributed by atoms with van der Waals surface area (Å²) in [5.74, 6) is -0.658. The monoisotopic (exact) mass is 356 g/mol. The number of aliphatic carboxylic acids is 1. The van der Waals surface area contributed by atoms with Crippen LogP contribution in [0.1, 0.15) is 25.0 Å². The predicted molar refractivity (Wildman–Crippen MR) is 95.2 cm³/mol. The average Bonchev–Trinajstić information content (AvgIpc) is 3.29. The fraction of sp³-hybridized carbons (Fsp3) is 0.421. The van der Waals surface area contributed by atoms with Gasteiger partial charge in [0, 0.05) is 24.0 Å². The van der Waals surface area contributed by atoms with Crippen molar-refractivity contribution in [1.29, 1.82) is 0 Å². The molecule has 1 N–H and O–H groups in total. The van der Waals surface area contributed by atoms with Crippen molar-refractivity contribution >= 4 is 23.2 Å². The number of rotatable bonds is 4. The number of nitrogens with zero attached hydrogens (tertiary/aromatic N) is 2. The first-order valence-corrected chi connectivity index (χ1v) is 9.47. The van der Waals surface area contributed by atoms with Crippen LogP contribution in [0.4, 0.5) is 0 Å². The lowest BCUT2D eigenvalue weighted by Gasteiger charge is -2.23. The number of carbonyl (C=O) groups excluding carboxylic acids is 1. The molecule has 2 aromatic rings. The first-order valence-electron chi connectivity index (χ1n) is 8.59. The SMILES string of the molecule is O=C(Cc1csc(-c2ccccc2)n1)N1C[C@@H]2CCC[C@@]2(C(=O)O)C1. The Hall–Kier alpha value is -2.21. The zero-order valence-corrected chi connectivity index (χ0v) is 14.7. The number of thiazole rings is 1. The number of hydrogen-bond acceptors (Lipinski definition) is 4. The van der Waals surface area contributed by atoms with Gasteiger partial charge in [0.1, 0.15) is 5.01 Å². The van der Waals surface area contributed by atoms with Crippen LogP contribution in [0.3, 0.4) is 0 Å². The lowest BCUT2D eigenvalue weighted by Crippen LogP contribution is -2.37. The van der Waals surface area contributed by atoms with Gasteiger partial charge in [0.2, 0.25) is 5.91 Å². The maximum absolute atomic E-state index is 12.7. The summed E-state index contributed by atoms with van der Waals surface area (Å²) in [7, 11) is 0. The molecule has 1 saturated heterocycles. The van der Waals surface area contributed by atoms with Gasteiger partial charge in [-0.15, -0.1) is 11.3 Å². The predicted octanol–water partition coefficient (Wildman–Crippen LogP) is 3.07. The number of carbonyl (C=O) groups is 2. The van der Waals surface area contributed by atoms with Crippen molar-refractivity contribution in [2.45, 2.75) is 25.7 Å². The van der Waals surface area contributed by atoms with Crippen molar-refractivity contribution in [2.24, 2.45) is 11.3 Å². The van der Waals surface area contributed by atoms with E-state index in [-0.39, 0.29) is 18.2 Å². The number of fused-ring (bicyclic) bond motifs is 1. The number of aromatic nitrogens is 1. The first-order chi connectivity index (χ1) is 12.1. The Bertz CT molecular complexity index is 804. The third-order valence-corrected chi connectivity index (χ3v) is 6.49. The lowest BCUT2D eigenvalue weighted by molar-refractivity contribution is -0.149. The summed E-state index contributed by atoms with van der Waals surface area (Å²) in [6.45, 7) is 0.919. The molecule has 0 bridgehead atoms. The standard InChI is InChI=1S/C19H20N2O3S/c22-16(21-10-14-7-4-8-19(14,12-21)18(23)24)9-15-11-25-17(20-15)13-5-2-1-3-6-13/h1-3,5-6,11,14H,4,7-10,12H2,(H,23,24)/t14-,19+/m0/s1. The largest absolute Gasteiger partial charge is 0.481 e. The van der Waals surface area contributed by atoms with Crippen molar-refractivity contribution in [3.05, 3.63) is 41.4 Å². The third-order valence-electron chi connectivity index (χ3n) is 5.55. The molecule has 1 aliphatic carbocycles. The van der Waals surface area contributed by atoms with Gasteiger partial charge >= 0.3 is 5.97 Å². The molecule has 2 fully saturated rings. The topological polar surface area (TPSA) is 70.5 Å². The summed E-state index contributed by atoms with van der Waals surface area (Å²) < 4.78 is 0. The van der Waals surface area contributed by atoms with Crippen LogP contribution in [0.5, 0.6) is 0 Å². The minimum Gasteiger partial charge on any atom is -0.481 e. The van der Waals surface area contributed by atoms with Gasteiger partial charge in [0.05, 0.1) is 17.5 Å². The van der Waals surface area contributed by atoms with Gasteiger partial charge in [-0.3, -0.25) is 9.59 Å². The summed E-state index contributed by atoms with van der Waals surface area (Å²) in [6.07, 6.45) is 2.79. The van der Waals surface area contributed by atoms with Crippen LogP contribution in [0.15, 0.2) is 35.7 Å². The van der Waals surface area contributed by atoms with Gasteiger partial charge < -0.3 is 10.0 Å². The van der Waals surface area contributed by atoms with Gasteiger partial charge in [-0.25, -0.2) is 4.98 Å². The number of hydrogen-bond donors (Lipinski definition) is 1. The van der Waals surface area contributed by atoms with E-state index in [9.17, 15) is 14.7 Å². The highest BCUT2D eigenvalue weighted by molar-refractivity contribution is 7.13. The van der Waals surface area contributed by atoms with E-state index in [0.717, 1.165) is 29.1 Å². The Morgan fingerprint density at radius 2 is 2.12 bits per heavy atom. The Balaban J connectivity index is 1.45. The molecule has 2 heterocycles. The van der Waals surface area contributed by atoms with E-state index in [1.165, 1.54) is 11.3 Å². The van der Waals surface area contributed by atoms with E-state index in [0.29, 0.717) is 19.5 Å². The van der Waals surface area contributed by atoms with Crippen LogP contribution in [-0.4, -0.2) is 40.0 Å². The summed E-state index contributed by atoms with van der Waals surface area (Å²) in [5.41, 5.74) is 1.09. The second-order valence-corrected chi connectivity index (χ2v) is 7.87. The number of carboxylic acids is 1. The minimum atomic E-state index is -0.745. The van der Waals surface area contributed by atoms with Crippen molar-refractivity contribution in [3.8, 4) is 10.6 Å². The summed E-state index contributed by atoms with van der Waals surface area (Å²) in [4.78, 5) is 30.7. The van der Waals surface area contributed by atoms with Gasteiger partial charge in [-0.1, -0.05) is 36.8 Å². The quantitative estimate of drug-likeness (QED) is 0.914. The number of carboxylic acid groups (broad SMARTS) is 1. The minimum absolute atomic E-state index is 0.0139. The summed E-state index contributed by atoms with van der Waals surface area (Å²) in [6, 6.07) is 9.90. The van der Waals surface area contributed by atoms with Crippen molar-refractivity contribution in [2.75, 3.05) is 13.1 Å². The number of benzene rings is 1. The molecule has 1 aromatic heterocycles. The second kappa shape index (κ2) is 6.26. The molecule has 1 saturated carbocycles. The van der Waals surface area contributed by atoms with Crippen molar-refractivity contribution in [1.82, 2.24) is 9.88 Å². The molecule has 0 radical (unpaired) electrons. The third kappa shape index (κ3) is 2.84. The highest BCUT2D eigenvalue weighted by Gasteiger charge is 2.55. The smallest absolute Gasteiger partial charge is 0.311 e. The first kappa shape index (κ1) is 16.3. The normalized spacial score (nSPS) is 25.1. The maximum Gasteiger partial charge on any atom is 0.311 e. The Labute approximate surface area is 150 Å². The molecule has 6 heteroatoms. The molecular weight excluding hydrogens is 336 g/mol. The molecule has 5 nitrogen and oxygen atoms in total. The van der Waals surface area contributed by atoms with E-state index >= 15 is 0 Å². The van der Waals surface area contributed by atoms with Crippen LogP contribution in [-0.2, 0) is 16.0 Å². The molecule has 0 unspecified atom stereocenters. The molecule has 4 rings (SSSR count). The molecule has 2 atom stereocenters. The molecule has 25 heavy (non-hydrogen) atoms.